The van der Waals surface area contributed by atoms with Crippen molar-refractivity contribution < 1.29 is 28.4 Å². The zero-order valence-corrected chi connectivity index (χ0v) is 11.6. The van der Waals surface area contributed by atoms with Crippen molar-refractivity contribution in [2.75, 3.05) is 13.2 Å². The lowest BCUT2D eigenvalue weighted by molar-refractivity contribution is -0.155. The SMILES string of the molecule is CC(C)CC(C)(C)C(=O)OCCOP(=O)(O)O. The van der Waals surface area contributed by atoms with Gasteiger partial charge in [-0.1, -0.05) is 13.8 Å². The summed E-state index contributed by atoms with van der Waals surface area (Å²) < 4.78 is 19.4. The summed E-state index contributed by atoms with van der Waals surface area (Å²) in [5, 5.41) is 0. The molecule has 7 heteroatoms. The number of carbonyl (C=O) groups is 1. The number of rotatable bonds is 7. The molecular formula is C10H21O6P. The Labute approximate surface area is 102 Å². The van der Waals surface area contributed by atoms with E-state index in [9.17, 15) is 9.36 Å². The second kappa shape index (κ2) is 6.50. The van der Waals surface area contributed by atoms with Gasteiger partial charge in [0.05, 0.1) is 12.0 Å². The van der Waals surface area contributed by atoms with Gasteiger partial charge in [0, 0.05) is 0 Å². The average molecular weight is 268 g/mol. The van der Waals surface area contributed by atoms with Gasteiger partial charge in [0.25, 0.3) is 0 Å². The maximum atomic E-state index is 11.7. The van der Waals surface area contributed by atoms with Gasteiger partial charge >= 0.3 is 13.8 Å². The van der Waals surface area contributed by atoms with Crippen molar-refractivity contribution in [1.29, 1.82) is 0 Å². The predicted molar refractivity (Wildman–Crippen MR) is 62.2 cm³/mol. The van der Waals surface area contributed by atoms with Gasteiger partial charge in [0.2, 0.25) is 0 Å². The first kappa shape index (κ1) is 16.6. The molecule has 0 fully saturated rings. The van der Waals surface area contributed by atoms with E-state index in [0.717, 1.165) is 0 Å². The molecule has 0 saturated carbocycles. The number of hydrogen-bond acceptors (Lipinski definition) is 4. The Kier molecular flexibility index (Phi) is 6.34. The molecule has 0 amide bonds. The highest BCUT2D eigenvalue weighted by molar-refractivity contribution is 7.46. The summed E-state index contributed by atoms with van der Waals surface area (Å²) in [4.78, 5) is 28.5. The number of carbonyl (C=O) groups excluding carboxylic acids is 1. The fourth-order valence-corrected chi connectivity index (χ4v) is 1.90. The van der Waals surface area contributed by atoms with Crippen molar-refractivity contribution in [2.24, 2.45) is 11.3 Å². The van der Waals surface area contributed by atoms with Gasteiger partial charge in [-0.25, -0.2) is 4.57 Å². The van der Waals surface area contributed by atoms with Gasteiger partial charge < -0.3 is 14.5 Å². The second-order valence-electron chi connectivity index (χ2n) is 4.94. The molecule has 17 heavy (non-hydrogen) atoms. The minimum atomic E-state index is -4.48. The lowest BCUT2D eigenvalue weighted by Crippen LogP contribution is -2.29. The molecule has 0 aromatic rings. The van der Waals surface area contributed by atoms with Crippen LogP contribution < -0.4 is 0 Å². The first-order chi connectivity index (χ1) is 7.54. The van der Waals surface area contributed by atoms with Crippen LogP contribution in [0.1, 0.15) is 34.1 Å². The molecular weight excluding hydrogens is 247 g/mol. The Balaban J connectivity index is 3.98. The van der Waals surface area contributed by atoms with Crippen molar-refractivity contribution in [3.05, 3.63) is 0 Å². The molecule has 0 heterocycles. The van der Waals surface area contributed by atoms with E-state index in [0.29, 0.717) is 12.3 Å². The van der Waals surface area contributed by atoms with E-state index in [-0.39, 0.29) is 19.2 Å². The molecule has 0 atom stereocenters. The third-order valence-electron chi connectivity index (χ3n) is 2.05. The number of hydrogen-bond donors (Lipinski definition) is 2. The molecule has 6 nitrogen and oxygen atoms in total. The third-order valence-corrected chi connectivity index (χ3v) is 2.57. The van der Waals surface area contributed by atoms with Crippen molar-refractivity contribution in [2.45, 2.75) is 34.1 Å². The van der Waals surface area contributed by atoms with Crippen LogP contribution in [-0.4, -0.2) is 29.0 Å². The first-order valence-corrected chi connectivity index (χ1v) is 6.95. The first-order valence-electron chi connectivity index (χ1n) is 5.42. The molecule has 0 rings (SSSR count). The summed E-state index contributed by atoms with van der Waals surface area (Å²) in [6.07, 6.45) is 0.686. The Morgan fingerprint density at radius 3 is 2.24 bits per heavy atom. The average Bonchev–Trinajstić information content (AvgIpc) is 2.08. The summed E-state index contributed by atoms with van der Waals surface area (Å²) in [5.41, 5.74) is -0.601. The minimum absolute atomic E-state index is 0.161. The maximum absolute atomic E-state index is 11.7. The van der Waals surface area contributed by atoms with Gasteiger partial charge in [0.15, 0.2) is 0 Å². The van der Waals surface area contributed by atoms with E-state index < -0.39 is 13.2 Å². The third kappa shape index (κ3) is 8.32. The highest BCUT2D eigenvalue weighted by Gasteiger charge is 2.30. The Morgan fingerprint density at radius 2 is 1.82 bits per heavy atom. The van der Waals surface area contributed by atoms with Gasteiger partial charge in [-0.2, -0.15) is 0 Å². The van der Waals surface area contributed by atoms with E-state index in [4.69, 9.17) is 14.5 Å². The summed E-state index contributed by atoms with van der Waals surface area (Å²) >= 11 is 0. The Hall–Kier alpha value is -0.420. The molecule has 102 valence electrons. The summed E-state index contributed by atoms with van der Waals surface area (Å²) in [6, 6.07) is 0. The van der Waals surface area contributed by atoms with E-state index in [1.54, 1.807) is 13.8 Å². The van der Waals surface area contributed by atoms with E-state index in [2.05, 4.69) is 4.52 Å². The topological polar surface area (TPSA) is 93.1 Å². The molecule has 0 aliphatic carbocycles. The van der Waals surface area contributed by atoms with Crippen LogP contribution in [0, 0.1) is 11.3 Å². The highest BCUT2D eigenvalue weighted by Crippen LogP contribution is 2.35. The smallest absolute Gasteiger partial charge is 0.463 e. The van der Waals surface area contributed by atoms with Crippen molar-refractivity contribution in [3.63, 3.8) is 0 Å². The molecule has 0 spiro atoms. The van der Waals surface area contributed by atoms with Crippen LogP contribution in [-0.2, 0) is 18.6 Å². The highest BCUT2D eigenvalue weighted by atomic mass is 31.2. The van der Waals surface area contributed by atoms with Crippen LogP contribution in [0.2, 0.25) is 0 Å². The normalized spacial score (nSPS) is 12.9. The second-order valence-corrected chi connectivity index (χ2v) is 6.18. The van der Waals surface area contributed by atoms with Crippen LogP contribution in [0.3, 0.4) is 0 Å². The number of phosphoric ester groups is 1. The van der Waals surface area contributed by atoms with Crippen LogP contribution in [0.25, 0.3) is 0 Å². The predicted octanol–water partition coefficient (Wildman–Crippen LogP) is 1.71. The molecule has 0 saturated heterocycles. The van der Waals surface area contributed by atoms with Crippen LogP contribution in [0.5, 0.6) is 0 Å². The quantitative estimate of drug-likeness (QED) is 0.415. The zero-order valence-electron chi connectivity index (χ0n) is 10.7. The molecule has 0 unspecified atom stereocenters. The summed E-state index contributed by atoms with van der Waals surface area (Å²) in [6.45, 7) is 7.09. The number of esters is 1. The number of ether oxygens (including phenoxy) is 1. The lowest BCUT2D eigenvalue weighted by atomic mass is 9.84. The Bertz CT molecular complexity index is 293. The maximum Gasteiger partial charge on any atom is 0.469 e. The standard InChI is InChI=1S/C10H21O6P/c1-8(2)7-10(3,4)9(11)15-5-6-16-17(12,13)14/h8H,5-7H2,1-4H3,(H2,12,13,14). The molecule has 0 aliphatic heterocycles. The number of phosphoric acid groups is 1. The fourth-order valence-electron chi connectivity index (χ4n) is 1.59. The molecule has 0 radical (unpaired) electrons. The minimum Gasteiger partial charge on any atom is -0.463 e. The van der Waals surface area contributed by atoms with Gasteiger partial charge in [0.1, 0.15) is 6.61 Å². The molecule has 0 aromatic heterocycles. The van der Waals surface area contributed by atoms with Gasteiger partial charge in [-0.3, -0.25) is 9.32 Å². The monoisotopic (exact) mass is 268 g/mol. The largest absolute Gasteiger partial charge is 0.469 e. The van der Waals surface area contributed by atoms with Crippen molar-refractivity contribution in [1.82, 2.24) is 0 Å². The van der Waals surface area contributed by atoms with E-state index >= 15 is 0 Å². The molecule has 0 aliphatic rings. The van der Waals surface area contributed by atoms with Gasteiger partial charge in [-0.05, 0) is 26.2 Å². The molecule has 2 N–H and O–H groups in total. The van der Waals surface area contributed by atoms with E-state index in [1.807, 2.05) is 13.8 Å². The van der Waals surface area contributed by atoms with Crippen LogP contribution in [0.4, 0.5) is 0 Å². The van der Waals surface area contributed by atoms with Crippen LogP contribution in [0.15, 0.2) is 0 Å². The fraction of sp³-hybridized carbons (Fsp3) is 0.900. The van der Waals surface area contributed by atoms with Crippen molar-refractivity contribution >= 4 is 13.8 Å². The van der Waals surface area contributed by atoms with E-state index in [1.165, 1.54) is 0 Å². The zero-order chi connectivity index (χ0) is 13.7. The summed E-state index contributed by atoms with van der Waals surface area (Å²) in [5.74, 6) is -0.0237. The van der Waals surface area contributed by atoms with Gasteiger partial charge in [-0.15, -0.1) is 0 Å². The Morgan fingerprint density at radius 1 is 1.29 bits per heavy atom. The molecule has 0 bridgehead atoms. The summed E-state index contributed by atoms with van der Waals surface area (Å²) in [7, 11) is -4.48. The van der Waals surface area contributed by atoms with Crippen molar-refractivity contribution in [3.8, 4) is 0 Å². The lowest BCUT2D eigenvalue weighted by Gasteiger charge is -2.24. The van der Waals surface area contributed by atoms with Crippen LogP contribution >= 0.6 is 7.82 Å². The molecule has 0 aromatic carbocycles.